The number of nitrogens with two attached hydrogens (primary N) is 2. The smallest absolute Gasteiger partial charge is 0.326 e. The third-order valence-electron chi connectivity index (χ3n) is 3.10. The van der Waals surface area contributed by atoms with Crippen LogP contribution in [0.4, 0.5) is 0 Å². The zero-order valence-corrected chi connectivity index (χ0v) is 12.8. The summed E-state index contributed by atoms with van der Waals surface area (Å²) in [6.07, 6.45) is 7.04. The lowest BCUT2D eigenvalue weighted by Gasteiger charge is -2.13. The average molecular weight is 300 g/mol. The highest BCUT2D eigenvalue weighted by atomic mass is 16.4. The van der Waals surface area contributed by atoms with Crippen molar-refractivity contribution in [3.05, 3.63) is 0 Å². The molecule has 122 valence electrons. The van der Waals surface area contributed by atoms with Crippen LogP contribution in [-0.2, 0) is 9.59 Å². The molecular weight excluding hydrogens is 272 g/mol. The summed E-state index contributed by atoms with van der Waals surface area (Å²) in [5, 5.41) is 11.5. The van der Waals surface area contributed by atoms with Crippen LogP contribution in [0.3, 0.4) is 0 Å². The van der Waals surface area contributed by atoms with Gasteiger partial charge in [-0.1, -0.05) is 39.0 Å². The number of nitrogens with one attached hydrogen (secondary N) is 1. The molecule has 1 atom stereocenters. The first kappa shape index (κ1) is 19.2. The minimum absolute atomic E-state index is 0.0856. The summed E-state index contributed by atoms with van der Waals surface area (Å²) in [5.41, 5.74) is 10.3. The van der Waals surface area contributed by atoms with Crippen molar-refractivity contribution in [3.63, 3.8) is 0 Å². The monoisotopic (exact) mass is 300 g/mol. The molecule has 0 aliphatic heterocycles. The second-order valence-corrected chi connectivity index (χ2v) is 5.07. The molecule has 0 fully saturated rings. The predicted molar refractivity (Wildman–Crippen MR) is 82.9 cm³/mol. The fraction of sp³-hybridized carbons (Fsp3) is 0.786. The number of unbranched alkanes of at least 4 members (excludes halogenated alkanes) is 5. The van der Waals surface area contributed by atoms with E-state index in [0.717, 1.165) is 19.3 Å². The number of aliphatic imine (C=N–C) groups is 1. The van der Waals surface area contributed by atoms with E-state index in [1.165, 1.54) is 19.3 Å². The largest absolute Gasteiger partial charge is 0.480 e. The fourth-order valence-corrected chi connectivity index (χ4v) is 1.91. The Morgan fingerprint density at radius 2 is 1.76 bits per heavy atom. The van der Waals surface area contributed by atoms with Crippen LogP contribution in [-0.4, -0.2) is 35.5 Å². The third kappa shape index (κ3) is 11.7. The van der Waals surface area contributed by atoms with Crippen LogP contribution in [0, 0.1) is 0 Å². The van der Waals surface area contributed by atoms with Gasteiger partial charge in [-0.15, -0.1) is 0 Å². The Morgan fingerprint density at radius 1 is 1.14 bits per heavy atom. The van der Waals surface area contributed by atoms with Gasteiger partial charge in [0, 0.05) is 13.0 Å². The molecule has 0 aromatic heterocycles. The molecule has 0 saturated carbocycles. The van der Waals surface area contributed by atoms with E-state index in [0.29, 0.717) is 6.42 Å². The van der Waals surface area contributed by atoms with Crippen molar-refractivity contribution >= 4 is 17.8 Å². The molecule has 0 spiro atoms. The van der Waals surface area contributed by atoms with Gasteiger partial charge in [-0.25, -0.2) is 4.79 Å². The van der Waals surface area contributed by atoms with Crippen molar-refractivity contribution in [1.82, 2.24) is 5.32 Å². The highest BCUT2D eigenvalue weighted by molar-refractivity contribution is 5.83. The van der Waals surface area contributed by atoms with Crippen LogP contribution in [0.1, 0.15) is 58.3 Å². The van der Waals surface area contributed by atoms with Gasteiger partial charge in [0.25, 0.3) is 0 Å². The summed E-state index contributed by atoms with van der Waals surface area (Å²) >= 11 is 0. The van der Waals surface area contributed by atoms with Crippen LogP contribution in [0.15, 0.2) is 4.99 Å². The maximum absolute atomic E-state index is 11.7. The van der Waals surface area contributed by atoms with Gasteiger partial charge in [-0.05, 0) is 12.8 Å². The van der Waals surface area contributed by atoms with E-state index in [2.05, 4.69) is 17.2 Å². The van der Waals surface area contributed by atoms with E-state index in [1.54, 1.807) is 0 Å². The SMILES string of the molecule is CCCCCCCCC(=O)N[C@@H](CCN=C(N)N)C(=O)O. The van der Waals surface area contributed by atoms with Gasteiger partial charge < -0.3 is 21.9 Å². The van der Waals surface area contributed by atoms with E-state index >= 15 is 0 Å². The Labute approximate surface area is 126 Å². The maximum Gasteiger partial charge on any atom is 0.326 e. The van der Waals surface area contributed by atoms with Crippen LogP contribution < -0.4 is 16.8 Å². The molecule has 0 heterocycles. The summed E-state index contributed by atoms with van der Waals surface area (Å²) in [7, 11) is 0. The van der Waals surface area contributed by atoms with E-state index in [4.69, 9.17) is 16.6 Å². The molecule has 0 aromatic rings. The van der Waals surface area contributed by atoms with Crippen molar-refractivity contribution in [2.24, 2.45) is 16.5 Å². The Hall–Kier alpha value is -1.79. The minimum Gasteiger partial charge on any atom is -0.480 e. The molecule has 0 saturated heterocycles. The molecule has 1 amide bonds. The first-order chi connectivity index (χ1) is 9.97. The number of nitrogens with zero attached hydrogens (tertiary/aromatic N) is 1. The molecule has 0 rings (SSSR count). The molecule has 6 N–H and O–H groups in total. The molecule has 7 heteroatoms. The quantitative estimate of drug-likeness (QED) is 0.242. The Bertz CT molecular complexity index is 341. The number of hydrogen-bond acceptors (Lipinski definition) is 3. The zero-order valence-electron chi connectivity index (χ0n) is 12.8. The van der Waals surface area contributed by atoms with Crippen LogP contribution in [0.5, 0.6) is 0 Å². The van der Waals surface area contributed by atoms with E-state index in [1.807, 2.05) is 0 Å². The number of aliphatic carboxylic acids is 1. The van der Waals surface area contributed by atoms with Gasteiger partial charge in [-0.2, -0.15) is 0 Å². The topological polar surface area (TPSA) is 131 Å². The summed E-state index contributed by atoms with van der Waals surface area (Å²) in [6.45, 7) is 2.33. The molecule has 0 bridgehead atoms. The van der Waals surface area contributed by atoms with Crippen molar-refractivity contribution < 1.29 is 14.7 Å². The van der Waals surface area contributed by atoms with Crippen molar-refractivity contribution in [2.75, 3.05) is 6.54 Å². The lowest BCUT2D eigenvalue weighted by molar-refractivity contribution is -0.142. The summed E-state index contributed by atoms with van der Waals surface area (Å²) in [6, 6.07) is -0.944. The third-order valence-corrected chi connectivity index (χ3v) is 3.10. The van der Waals surface area contributed by atoms with Crippen LogP contribution >= 0.6 is 0 Å². The van der Waals surface area contributed by atoms with Gasteiger partial charge in [-0.3, -0.25) is 9.79 Å². The number of guanidine groups is 1. The molecule has 0 radical (unpaired) electrons. The second kappa shape index (κ2) is 12.0. The standard InChI is InChI=1S/C14H28N4O3/c1-2-3-4-5-6-7-8-12(19)18-11(13(20)21)9-10-17-14(15)16/h11H,2-10H2,1H3,(H,18,19)(H,20,21)(H4,15,16,17)/t11-/m0/s1. The van der Waals surface area contributed by atoms with Gasteiger partial charge in [0.05, 0.1) is 0 Å². The normalized spacial score (nSPS) is 11.7. The summed E-state index contributed by atoms with van der Waals surface area (Å²) in [4.78, 5) is 26.4. The number of rotatable bonds is 12. The number of carbonyl (C=O) groups excluding carboxylic acids is 1. The van der Waals surface area contributed by atoms with Gasteiger partial charge in [0.1, 0.15) is 6.04 Å². The number of carboxylic acid groups (broad SMARTS) is 1. The molecular formula is C14H28N4O3. The molecule has 0 aliphatic rings. The first-order valence-corrected chi connectivity index (χ1v) is 7.55. The number of carbonyl (C=O) groups is 2. The van der Waals surface area contributed by atoms with Crippen LogP contribution in [0.2, 0.25) is 0 Å². The molecule has 0 unspecified atom stereocenters. The zero-order chi connectivity index (χ0) is 16.1. The molecule has 7 nitrogen and oxygen atoms in total. The summed E-state index contributed by atoms with van der Waals surface area (Å²) in [5.74, 6) is -1.39. The average Bonchev–Trinajstić information content (AvgIpc) is 2.41. The van der Waals surface area contributed by atoms with Gasteiger partial charge in [0.15, 0.2) is 5.96 Å². The highest BCUT2D eigenvalue weighted by Gasteiger charge is 2.18. The highest BCUT2D eigenvalue weighted by Crippen LogP contribution is 2.07. The number of carboxylic acids is 1. The van der Waals surface area contributed by atoms with E-state index in [-0.39, 0.29) is 24.8 Å². The van der Waals surface area contributed by atoms with Gasteiger partial charge >= 0.3 is 5.97 Å². The fourth-order valence-electron chi connectivity index (χ4n) is 1.91. The second-order valence-electron chi connectivity index (χ2n) is 5.07. The number of hydrogen-bond donors (Lipinski definition) is 4. The predicted octanol–water partition coefficient (Wildman–Crippen LogP) is 0.970. The maximum atomic E-state index is 11.7. The Morgan fingerprint density at radius 3 is 2.33 bits per heavy atom. The van der Waals surface area contributed by atoms with Crippen molar-refractivity contribution in [3.8, 4) is 0 Å². The molecule has 21 heavy (non-hydrogen) atoms. The van der Waals surface area contributed by atoms with E-state index < -0.39 is 12.0 Å². The lowest BCUT2D eigenvalue weighted by Crippen LogP contribution is -2.41. The van der Waals surface area contributed by atoms with Crippen molar-refractivity contribution in [1.29, 1.82) is 0 Å². The molecule has 0 aliphatic carbocycles. The van der Waals surface area contributed by atoms with Gasteiger partial charge in [0.2, 0.25) is 5.91 Å². The Balaban J connectivity index is 3.90. The lowest BCUT2D eigenvalue weighted by atomic mass is 10.1. The Kier molecular flexibility index (Phi) is 11.0. The van der Waals surface area contributed by atoms with E-state index in [9.17, 15) is 9.59 Å². The van der Waals surface area contributed by atoms with Crippen LogP contribution in [0.25, 0.3) is 0 Å². The first-order valence-electron chi connectivity index (χ1n) is 7.55. The number of amides is 1. The summed E-state index contributed by atoms with van der Waals surface area (Å²) < 4.78 is 0. The van der Waals surface area contributed by atoms with Crippen molar-refractivity contribution in [2.45, 2.75) is 64.3 Å². The minimum atomic E-state index is -1.07. The molecule has 0 aromatic carbocycles.